The van der Waals surface area contributed by atoms with E-state index >= 15 is 0 Å². The zero-order valence-corrected chi connectivity index (χ0v) is 10.3. The molecule has 0 atom stereocenters. The molecule has 0 rings (SSSR count). The predicted molar refractivity (Wildman–Crippen MR) is 54.3 cm³/mol. The van der Waals surface area contributed by atoms with Gasteiger partial charge in [-0.05, 0) is 27.7 Å². The summed E-state index contributed by atoms with van der Waals surface area (Å²) < 4.78 is 20.9. The standard InChI is InChI=1S/C8H19O6P/c1-7(2,5-9)13-15(11,12)14-8(3,4)6-10/h9-10H,5-6H2,1-4H3,(H,11,12). The van der Waals surface area contributed by atoms with E-state index in [1.807, 2.05) is 0 Å². The highest BCUT2D eigenvalue weighted by molar-refractivity contribution is 7.47. The predicted octanol–water partition coefficient (Wildman–Crippen LogP) is 0.662. The van der Waals surface area contributed by atoms with Crippen molar-refractivity contribution in [3.63, 3.8) is 0 Å². The van der Waals surface area contributed by atoms with Crippen LogP contribution in [0.1, 0.15) is 27.7 Å². The second-order valence-electron chi connectivity index (χ2n) is 4.49. The molecule has 0 amide bonds. The summed E-state index contributed by atoms with van der Waals surface area (Å²) in [6.07, 6.45) is 0. The van der Waals surface area contributed by atoms with Crippen LogP contribution in [-0.4, -0.2) is 39.5 Å². The number of rotatable bonds is 6. The summed E-state index contributed by atoms with van der Waals surface area (Å²) in [5.41, 5.74) is -2.34. The molecular formula is C8H19O6P. The van der Waals surface area contributed by atoms with Crippen molar-refractivity contribution in [1.82, 2.24) is 0 Å². The fraction of sp³-hybridized carbons (Fsp3) is 1.00. The van der Waals surface area contributed by atoms with Crippen molar-refractivity contribution in [1.29, 1.82) is 0 Å². The number of phosphoric acid groups is 1. The summed E-state index contributed by atoms with van der Waals surface area (Å²) in [7, 11) is -4.29. The number of phosphoric ester groups is 1. The lowest BCUT2D eigenvalue weighted by Gasteiger charge is -2.30. The average molecular weight is 242 g/mol. The van der Waals surface area contributed by atoms with Crippen LogP contribution in [0.5, 0.6) is 0 Å². The summed E-state index contributed by atoms with van der Waals surface area (Å²) in [5, 5.41) is 17.7. The Morgan fingerprint density at radius 1 is 1.00 bits per heavy atom. The molecule has 0 spiro atoms. The van der Waals surface area contributed by atoms with Crippen molar-refractivity contribution in [2.45, 2.75) is 38.9 Å². The van der Waals surface area contributed by atoms with E-state index in [0.717, 1.165) is 0 Å². The lowest BCUT2D eigenvalue weighted by Crippen LogP contribution is -2.32. The topological polar surface area (TPSA) is 96.2 Å². The van der Waals surface area contributed by atoms with Gasteiger partial charge >= 0.3 is 7.82 Å². The summed E-state index contributed by atoms with van der Waals surface area (Å²) in [6, 6.07) is 0. The van der Waals surface area contributed by atoms with Crippen LogP contribution in [0.2, 0.25) is 0 Å². The molecule has 0 aromatic heterocycles. The average Bonchev–Trinajstić information content (AvgIpc) is 2.00. The molecule has 0 bridgehead atoms. The second kappa shape index (κ2) is 4.91. The van der Waals surface area contributed by atoms with Gasteiger partial charge in [-0.15, -0.1) is 0 Å². The minimum Gasteiger partial charge on any atom is -0.393 e. The Labute approximate surface area is 89.5 Å². The lowest BCUT2D eigenvalue weighted by atomic mass is 10.2. The van der Waals surface area contributed by atoms with Crippen LogP contribution in [0.25, 0.3) is 0 Å². The lowest BCUT2D eigenvalue weighted by molar-refractivity contribution is -0.0360. The van der Waals surface area contributed by atoms with E-state index in [0.29, 0.717) is 0 Å². The second-order valence-corrected chi connectivity index (χ2v) is 5.79. The van der Waals surface area contributed by atoms with Crippen molar-refractivity contribution >= 4 is 7.82 Å². The van der Waals surface area contributed by atoms with Crippen molar-refractivity contribution in [2.24, 2.45) is 0 Å². The van der Waals surface area contributed by atoms with E-state index in [1.165, 1.54) is 27.7 Å². The van der Waals surface area contributed by atoms with Crippen LogP contribution >= 0.6 is 7.82 Å². The fourth-order valence-corrected chi connectivity index (χ4v) is 2.10. The molecule has 0 fully saturated rings. The van der Waals surface area contributed by atoms with Gasteiger partial charge in [0, 0.05) is 0 Å². The molecule has 0 heterocycles. The molecule has 0 aliphatic rings. The highest BCUT2D eigenvalue weighted by Crippen LogP contribution is 2.50. The van der Waals surface area contributed by atoms with Gasteiger partial charge in [-0.25, -0.2) is 4.57 Å². The number of hydrogen-bond donors (Lipinski definition) is 3. The van der Waals surface area contributed by atoms with Crippen molar-refractivity contribution in [3.05, 3.63) is 0 Å². The Bertz CT molecular complexity index is 228. The fourth-order valence-electron chi connectivity index (χ4n) is 0.701. The molecule has 0 unspecified atom stereocenters. The van der Waals surface area contributed by atoms with Gasteiger partial charge in [-0.1, -0.05) is 0 Å². The third kappa shape index (κ3) is 6.25. The summed E-state index contributed by atoms with van der Waals surface area (Å²) >= 11 is 0. The maximum absolute atomic E-state index is 11.5. The Kier molecular flexibility index (Phi) is 4.92. The molecule has 0 aliphatic carbocycles. The molecule has 15 heavy (non-hydrogen) atoms. The van der Waals surface area contributed by atoms with Gasteiger partial charge < -0.3 is 15.1 Å². The van der Waals surface area contributed by atoms with Gasteiger partial charge in [0.05, 0.1) is 24.4 Å². The van der Waals surface area contributed by atoms with E-state index in [-0.39, 0.29) is 0 Å². The first-order valence-corrected chi connectivity index (χ1v) is 5.99. The first-order chi connectivity index (χ1) is 6.54. The van der Waals surface area contributed by atoms with Crippen LogP contribution in [0.15, 0.2) is 0 Å². The molecule has 0 radical (unpaired) electrons. The molecule has 0 aromatic carbocycles. The van der Waals surface area contributed by atoms with E-state index in [2.05, 4.69) is 0 Å². The third-order valence-corrected chi connectivity index (χ3v) is 2.94. The van der Waals surface area contributed by atoms with Crippen molar-refractivity contribution in [2.75, 3.05) is 13.2 Å². The first kappa shape index (κ1) is 15.0. The van der Waals surface area contributed by atoms with Gasteiger partial charge in [0.25, 0.3) is 0 Å². The zero-order chi connectivity index (χ0) is 12.3. The smallest absolute Gasteiger partial charge is 0.393 e. The summed E-state index contributed by atoms with van der Waals surface area (Å²) in [6.45, 7) is 4.97. The van der Waals surface area contributed by atoms with Gasteiger partial charge in [-0.3, -0.25) is 9.05 Å². The van der Waals surface area contributed by atoms with Gasteiger partial charge in [0.15, 0.2) is 0 Å². The summed E-state index contributed by atoms with van der Waals surface area (Å²) in [4.78, 5) is 9.34. The maximum atomic E-state index is 11.5. The van der Waals surface area contributed by atoms with Gasteiger partial charge in [0.2, 0.25) is 0 Å². The normalized spacial score (nSPS) is 14.3. The monoisotopic (exact) mass is 242 g/mol. The molecule has 0 saturated heterocycles. The van der Waals surface area contributed by atoms with Crippen LogP contribution in [0, 0.1) is 0 Å². The Morgan fingerprint density at radius 3 is 1.47 bits per heavy atom. The van der Waals surface area contributed by atoms with Crippen LogP contribution in [-0.2, 0) is 13.6 Å². The molecule has 0 saturated carbocycles. The van der Waals surface area contributed by atoms with E-state index in [1.54, 1.807) is 0 Å². The van der Waals surface area contributed by atoms with Gasteiger partial charge in [0.1, 0.15) is 0 Å². The number of aliphatic hydroxyl groups excluding tert-OH is 2. The first-order valence-electron chi connectivity index (χ1n) is 4.50. The molecular weight excluding hydrogens is 223 g/mol. The van der Waals surface area contributed by atoms with E-state index in [4.69, 9.17) is 19.3 Å². The minimum absolute atomic E-state index is 0.416. The molecule has 92 valence electrons. The largest absolute Gasteiger partial charge is 0.473 e. The number of aliphatic hydroxyl groups is 2. The molecule has 3 N–H and O–H groups in total. The quantitative estimate of drug-likeness (QED) is 0.592. The Hall–Kier alpha value is 0.0300. The van der Waals surface area contributed by atoms with Crippen LogP contribution in [0.3, 0.4) is 0 Å². The molecule has 7 heteroatoms. The third-order valence-electron chi connectivity index (χ3n) is 1.49. The van der Waals surface area contributed by atoms with Crippen LogP contribution in [0.4, 0.5) is 0 Å². The summed E-state index contributed by atoms with van der Waals surface area (Å²) in [5.74, 6) is 0. The Balaban J connectivity index is 4.51. The van der Waals surface area contributed by atoms with Crippen molar-refractivity contribution < 1.29 is 28.7 Å². The molecule has 0 aliphatic heterocycles. The van der Waals surface area contributed by atoms with E-state index < -0.39 is 32.2 Å². The maximum Gasteiger partial charge on any atom is 0.473 e. The van der Waals surface area contributed by atoms with Crippen molar-refractivity contribution in [3.8, 4) is 0 Å². The Morgan fingerprint density at radius 2 is 1.27 bits per heavy atom. The van der Waals surface area contributed by atoms with Crippen LogP contribution < -0.4 is 0 Å². The number of hydrogen-bond acceptors (Lipinski definition) is 5. The van der Waals surface area contributed by atoms with Gasteiger partial charge in [-0.2, -0.15) is 0 Å². The highest BCUT2D eigenvalue weighted by atomic mass is 31.2. The molecule has 0 aromatic rings. The molecule has 6 nitrogen and oxygen atoms in total. The van der Waals surface area contributed by atoms with E-state index in [9.17, 15) is 9.46 Å². The highest BCUT2D eigenvalue weighted by Gasteiger charge is 2.36. The SMILES string of the molecule is CC(C)(CO)OP(=O)(O)OC(C)(C)CO. The minimum atomic E-state index is -4.29. The zero-order valence-electron chi connectivity index (χ0n) is 9.43.